The second-order valence-corrected chi connectivity index (χ2v) is 13.0. The number of hydrogen-bond acceptors (Lipinski definition) is 8. The van der Waals surface area contributed by atoms with Crippen LogP contribution in [-0.2, 0) is 29.1 Å². The lowest BCUT2D eigenvalue weighted by Crippen LogP contribution is -2.32. The lowest BCUT2D eigenvalue weighted by molar-refractivity contribution is -0.0591. The molecule has 3 heterocycles. The Morgan fingerprint density at radius 1 is 1.11 bits per heavy atom. The van der Waals surface area contributed by atoms with Crippen LogP contribution in [0.4, 0.5) is 4.39 Å². The Hall–Kier alpha value is -4.59. The molecule has 2 aromatic carbocycles. The van der Waals surface area contributed by atoms with Gasteiger partial charge in [0.05, 0.1) is 47.4 Å². The summed E-state index contributed by atoms with van der Waals surface area (Å²) in [5.41, 5.74) is 4.40. The van der Waals surface area contributed by atoms with Crippen LogP contribution in [0.2, 0.25) is 0 Å². The molecule has 1 fully saturated rings. The molecule has 238 valence electrons. The number of carbonyl (C=O) groups excluding carboxylic acids is 1. The minimum Gasteiger partial charge on any atom is -0.473 e. The second-order valence-electron chi connectivity index (χ2n) is 13.0. The number of hydrogen-bond donors (Lipinski definition) is 0. The highest BCUT2D eigenvalue weighted by Crippen LogP contribution is 2.26. The van der Waals surface area contributed by atoms with Crippen LogP contribution in [0.5, 0.6) is 5.88 Å². The number of aromatic nitrogens is 3. The third-order valence-corrected chi connectivity index (χ3v) is 8.07. The van der Waals surface area contributed by atoms with Crippen LogP contribution in [0, 0.1) is 11.3 Å². The molecule has 46 heavy (non-hydrogen) atoms. The Morgan fingerprint density at radius 2 is 1.91 bits per heavy atom. The van der Waals surface area contributed by atoms with Crippen molar-refractivity contribution in [1.29, 1.82) is 5.26 Å². The zero-order valence-corrected chi connectivity index (χ0v) is 26.6. The van der Waals surface area contributed by atoms with E-state index in [-0.39, 0.29) is 25.1 Å². The van der Waals surface area contributed by atoms with Crippen LogP contribution in [0.15, 0.2) is 71.8 Å². The van der Waals surface area contributed by atoms with Gasteiger partial charge in [0, 0.05) is 42.2 Å². The van der Waals surface area contributed by atoms with Gasteiger partial charge in [0.25, 0.3) is 0 Å². The van der Waals surface area contributed by atoms with Gasteiger partial charge in [-0.15, -0.1) is 0 Å². The smallest absolute Gasteiger partial charge is 0.338 e. The van der Waals surface area contributed by atoms with Crippen LogP contribution in [0.1, 0.15) is 55.4 Å². The SMILES string of the molecule is CN(Cc1ccc2ccc(OCC3=CC=C(C#N)CC3F)nc2c1)Cc1nc2ccc(C(=O)OC(C)(C)C)cc2n1CC1CCO1. The number of ether oxygens (including phenoxy) is 3. The van der Waals surface area contributed by atoms with Crippen molar-refractivity contribution in [2.75, 3.05) is 20.3 Å². The van der Waals surface area contributed by atoms with E-state index in [0.29, 0.717) is 42.2 Å². The second kappa shape index (κ2) is 13.0. The molecule has 10 heteroatoms. The first kappa shape index (κ1) is 31.4. The topological polar surface area (TPSA) is 103 Å². The van der Waals surface area contributed by atoms with E-state index in [1.54, 1.807) is 24.3 Å². The predicted octanol–water partition coefficient (Wildman–Crippen LogP) is 6.46. The molecule has 6 rings (SSSR count). The minimum absolute atomic E-state index is 0.0729. The summed E-state index contributed by atoms with van der Waals surface area (Å²) in [4.78, 5) is 24.6. The average Bonchev–Trinajstić information content (AvgIpc) is 3.32. The largest absolute Gasteiger partial charge is 0.473 e. The van der Waals surface area contributed by atoms with Crippen molar-refractivity contribution < 1.29 is 23.4 Å². The van der Waals surface area contributed by atoms with Crippen LogP contribution in [-0.4, -0.2) is 63.5 Å². The lowest BCUT2D eigenvalue weighted by Gasteiger charge is -2.28. The summed E-state index contributed by atoms with van der Waals surface area (Å²) in [6.07, 6.45) is 3.21. The molecule has 2 aromatic heterocycles. The average molecular weight is 624 g/mol. The molecule has 0 amide bonds. The Balaban J connectivity index is 1.17. The Bertz CT molecular complexity index is 1880. The number of nitrogens with zero attached hydrogens (tertiary/aromatic N) is 5. The monoisotopic (exact) mass is 623 g/mol. The Morgan fingerprint density at radius 3 is 2.63 bits per heavy atom. The fourth-order valence-corrected chi connectivity index (χ4v) is 5.61. The van der Waals surface area contributed by atoms with Gasteiger partial charge in [-0.25, -0.2) is 19.2 Å². The van der Waals surface area contributed by atoms with E-state index in [0.717, 1.165) is 46.4 Å². The third kappa shape index (κ3) is 7.27. The van der Waals surface area contributed by atoms with Gasteiger partial charge in [-0.1, -0.05) is 18.2 Å². The van der Waals surface area contributed by atoms with E-state index in [4.69, 9.17) is 24.5 Å². The molecule has 0 N–H and O–H groups in total. The van der Waals surface area contributed by atoms with Gasteiger partial charge in [-0.2, -0.15) is 5.26 Å². The molecular weight excluding hydrogens is 585 g/mol. The highest BCUT2D eigenvalue weighted by Gasteiger charge is 2.24. The number of halogens is 1. The maximum atomic E-state index is 14.4. The normalized spacial score (nSPS) is 18.2. The number of fused-ring (bicyclic) bond motifs is 2. The molecule has 1 aliphatic heterocycles. The highest BCUT2D eigenvalue weighted by atomic mass is 19.1. The number of carbonyl (C=O) groups is 1. The fraction of sp³-hybridized carbons (Fsp3) is 0.389. The van der Waals surface area contributed by atoms with Crippen molar-refractivity contribution in [2.45, 2.75) is 71.1 Å². The summed E-state index contributed by atoms with van der Waals surface area (Å²) in [5, 5.41) is 9.99. The van der Waals surface area contributed by atoms with Crippen molar-refractivity contribution in [2.24, 2.45) is 0 Å². The van der Waals surface area contributed by atoms with Gasteiger partial charge >= 0.3 is 5.97 Å². The van der Waals surface area contributed by atoms with Gasteiger partial charge in [0.1, 0.15) is 24.2 Å². The number of imidazole rings is 1. The Labute approximate surface area is 267 Å². The number of allylic oxidation sites excluding steroid dienone is 3. The fourth-order valence-electron chi connectivity index (χ4n) is 5.61. The lowest BCUT2D eigenvalue weighted by atomic mass is 9.98. The van der Waals surface area contributed by atoms with Crippen LogP contribution >= 0.6 is 0 Å². The van der Waals surface area contributed by atoms with Crippen LogP contribution < -0.4 is 4.74 Å². The molecule has 0 spiro atoms. The highest BCUT2D eigenvalue weighted by molar-refractivity contribution is 5.94. The number of benzene rings is 2. The first-order chi connectivity index (χ1) is 22.0. The molecule has 4 aromatic rings. The van der Waals surface area contributed by atoms with Crippen molar-refractivity contribution in [3.63, 3.8) is 0 Å². The van der Waals surface area contributed by atoms with Crippen LogP contribution in [0.3, 0.4) is 0 Å². The minimum atomic E-state index is -1.23. The summed E-state index contributed by atoms with van der Waals surface area (Å²) in [6, 6.07) is 17.4. The van der Waals surface area contributed by atoms with Gasteiger partial charge < -0.3 is 18.8 Å². The van der Waals surface area contributed by atoms with E-state index < -0.39 is 11.8 Å². The number of alkyl halides is 1. The van der Waals surface area contributed by atoms with Gasteiger partial charge in [-0.3, -0.25) is 4.90 Å². The summed E-state index contributed by atoms with van der Waals surface area (Å²) < 4.78 is 33.8. The van der Waals surface area contributed by atoms with E-state index in [1.165, 1.54) is 0 Å². The maximum absolute atomic E-state index is 14.4. The molecule has 2 unspecified atom stereocenters. The number of pyridine rings is 1. The van der Waals surface area contributed by atoms with E-state index in [9.17, 15) is 9.18 Å². The number of nitriles is 1. The summed E-state index contributed by atoms with van der Waals surface area (Å²) in [6.45, 7) is 8.30. The molecule has 2 atom stereocenters. The van der Waals surface area contributed by atoms with Crippen molar-refractivity contribution >= 4 is 27.9 Å². The summed E-state index contributed by atoms with van der Waals surface area (Å²) in [7, 11) is 2.05. The van der Waals surface area contributed by atoms with E-state index in [2.05, 4.69) is 20.5 Å². The zero-order valence-electron chi connectivity index (χ0n) is 26.6. The first-order valence-corrected chi connectivity index (χ1v) is 15.5. The molecule has 0 radical (unpaired) electrons. The molecule has 2 aliphatic rings. The summed E-state index contributed by atoms with van der Waals surface area (Å²) in [5.74, 6) is 0.950. The molecular formula is C36H38FN5O4. The van der Waals surface area contributed by atoms with Crippen LogP contribution in [0.25, 0.3) is 21.9 Å². The summed E-state index contributed by atoms with van der Waals surface area (Å²) >= 11 is 0. The third-order valence-electron chi connectivity index (χ3n) is 8.07. The van der Waals surface area contributed by atoms with E-state index in [1.807, 2.05) is 64.2 Å². The van der Waals surface area contributed by atoms with Crippen molar-refractivity contribution in [3.05, 3.63) is 88.8 Å². The first-order valence-electron chi connectivity index (χ1n) is 15.5. The maximum Gasteiger partial charge on any atom is 0.338 e. The van der Waals surface area contributed by atoms with Crippen molar-refractivity contribution in [1.82, 2.24) is 19.4 Å². The molecule has 0 saturated carbocycles. The number of rotatable bonds is 10. The standard InChI is InChI=1S/C36H38FN5O4/c1-36(2,3)46-35(43)26-9-11-30-32(17-26)42(20-28-13-14-44-28)33(39-30)21-41(4)19-24-6-7-25-10-12-34(40-31(25)16-24)45-22-27-8-5-23(18-38)15-29(27)37/h5-12,16-17,28-29H,13-15,19-22H2,1-4H3. The molecule has 0 bridgehead atoms. The van der Waals surface area contributed by atoms with Gasteiger partial charge in [0.15, 0.2) is 0 Å². The Kier molecular flexibility index (Phi) is 8.89. The predicted molar refractivity (Wildman–Crippen MR) is 173 cm³/mol. The zero-order chi connectivity index (χ0) is 32.4. The van der Waals surface area contributed by atoms with E-state index >= 15 is 0 Å². The van der Waals surface area contributed by atoms with Gasteiger partial charge in [-0.05, 0) is 76.2 Å². The molecule has 1 aliphatic carbocycles. The number of esters is 1. The van der Waals surface area contributed by atoms with Gasteiger partial charge in [0.2, 0.25) is 5.88 Å². The quantitative estimate of drug-likeness (QED) is 0.186. The van der Waals surface area contributed by atoms with Crippen molar-refractivity contribution in [3.8, 4) is 11.9 Å². The molecule has 9 nitrogen and oxygen atoms in total. The molecule has 1 saturated heterocycles.